The molecule has 1 amide bonds. The number of hydrogen-bond acceptors (Lipinski definition) is 4. The van der Waals surface area contributed by atoms with Crippen molar-refractivity contribution in [3.63, 3.8) is 0 Å². The average Bonchev–Trinajstić information content (AvgIpc) is 2.65. The van der Waals surface area contributed by atoms with Gasteiger partial charge in [0.05, 0.1) is 5.56 Å². The number of piperazine rings is 1. The molecule has 1 fully saturated rings. The maximum absolute atomic E-state index is 13.5. The van der Waals surface area contributed by atoms with Crippen LogP contribution in [-0.4, -0.2) is 36.5 Å². The van der Waals surface area contributed by atoms with Gasteiger partial charge in [-0.3, -0.25) is 9.69 Å². The lowest BCUT2D eigenvalue weighted by molar-refractivity contribution is 0.102. The molecule has 0 radical (unpaired) electrons. The zero-order chi connectivity index (χ0) is 20.3. The van der Waals surface area contributed by atoms with Gasteiger partial charge in [-0.1, -0.05) is 11.6 Å². The lowest BCUT2D eigenvalue weighted by Gasteiger charge is -2.32. The third kappa shape index (κ3) is 4.68. The summed E-state index contributed by atoms with van der Waals surface area (Å²) in [6, 6.07) is 9.52. The number of amides is 1. The predicted molar refractivity (Wildman–Crippen MR) is 108 cm³/mol. The Labute approximate surface area is 169 Å². The summed E-state index contributed by atoms with van der Waals surface area (Å²) in [6.45, 7) is 7.68. The van der Waals surface area contributed by atoms with Gasteiger partial charge in [0.2, 0.25) is 0 Å². The smallest absolute Gasteiger partial charge is 0.255 e. The number of hydrogen-bond donors (Lipinski definition) is 2. The molecule has 2 aromatic rings. The first kappa shape index (κ1) is 20.3. The Morgan fingerprint density at radius 2 is 2.21 bits per heavy atom. The van der Waals surface area contributed by atoms with Gasteiger partial charge >= 0.3 is 0 Å². The molecule has 0 spiro atoms. The van der Waals surface area contributed by atoms with E-state index < -0.39 is 11.7 Å². The van der Waals surface area contributed by atoms with Crippen LogP contribution in [0.1, 0.15) is 34.0 Å². The summed E-state index contributed by atoms with van der Waals surface area (Å²) in [5.41, 5.74) is 2.65. The molecule has 1 aliphatic rings. The second kappa shape index (κ2) is 8.70. The van der Waals surface area contributed by atoms with Crippen molar-refractivity contribution in [1.29, 1.82) is 5.26 Å². The maximum atomic E-state index is 13.5. The highest BCUT2D eigenvalue weighted by Crippen LogP contribution is 2.27. The van der Waals surface area contributed by atoms with E-state index in [-0.39, 0.29) is 11.1 Å². The summed E-state index contributed by atoms with van der Waals surface area (Å²) >= 11 is 6.29. The minimum atomic E-state index is -0.648. The molecule has 0 aromatic heterocycles. The van der Waals surface area contributed by atoms with Crippen LogP contribution in [0.25, 0.3) is 0 Å². The van der Waals surface area contributed by atoms with Crippen molar-refractivity contribution in [2.45, 2.75) is 26.4 Å². The second-order valence-electron chi connectivity index (χ2n) is 7.09. The Kier molecular flexibility index (Phi) is 6.30. The summed E-state index contributed by atoms with van der Waals surface area (Å²) in [7, 11) is 0. The van der Waals surface area contributed by atoms with Crippen LogP contribution in [0, 0.1) is 24.1 Å². The molecule has 146 valence electrons. The van der Waals surface area contributed by atoms with Gasteiger partial charge in [0.1, 0.15) is 11.9 Å². The van der Waals surface area contributed by atoms with Gasteiger partial charge in [-0.15, -0.1) is 0 Å². The van der Waals surface area contributed by atoms with Crippen molar-refractivity contribution >= 4 is 23.2 Å². The Balaban J connectivity index is 1.81. The standard InChI is InChI=1S/C21H22ClFN4O/c1-13-11-27(6-5-25-13)12-17-8-18(22)9-20(14(17)2)26-21(28)15-3-4-19(23)16(7-15)10-24/h3-4,7-9,13,25H,5-6,11-12H2,1-2H3,(H,26,28). The number of nitriles is 1. The van der Waals surface area contributed by atoms with E-state index in [1.165, 1.54) is 12.1 Å². The molecule has 2 aromatic carbocycles. The Morgan fingerprint density at radius 1 is 1.43 bits per heavy atom. The first-order chi connectivity index (χ1) is 13.4. The van der Waals surface area contributed by atoms with Gasteiger partial charge in [-0.05, 0) is 55.3 Å². The highest BCUT2D eigenvalue weighted by Gasteiger charge is 2.18. The highest BCUT2D eigenvalue weighted by molar-refractivity contribution is 6.31. The molecular weight excluding hydrogens is 379 g/mol. The Morgan fingerprint density at radius 3 is 2.93 bits per heavy atom. The van der Waals surface area contributed by atoms with Crippen molar-refractivity contribution in [1.82, 2.24) is 10.2 Å². The van der Waals surface area contributed by atoms with Crippen LogP contribution >= 0.6 is 11.6 Å². The van der Waals surface area contributed by atoms with Crippen LogP contribution in [-0.2, 0) is 6.54 Å². The summed E-state index contributed by atoms with van der Waals surface area (Å²) in [6.07, 6.45) is 0. The maximum Gasteiger partial charge on any atom is 0.255 e. The Hall–Kier alpha value is -2.46. The largest absolute Gasteiger partial charge is 0.322 e. The van der Waals surface area contributed by atoms with Gasteiger partial charge in [0.15, 0.2) is 0 Å². The first-order valence-corrected chi connectivity index (χ1v) is 9.51. The molecule has 3 rings (SSSR count). The van der Waals surface area contributed by atoms with Gasteiger partial charge < -0.3 is 10.6 Å². The van der Waals surface area contributed by atoms with Gasteiger partial charge in [-0.2, -0.15) is 5.26 Å². The van der Waals surface area contributed by atoms with Crippen LogP contribution in [0.3, 0.4) is 0 Å². The van der Waals surface area contributed by atoms with Crippen molar-refractivity contribution < 1.29 is 9.18 Å². The SMILES string of the molecule is Cc1c(CN2CCNC(C)C2)cc(Cl)cc1NC(=O)c1ccc(F)c(C#N)c1. The van der Waals surface area contributed by atoms with Crippen LogP contribution in [0.15, 0.2) is 30.3 Å². The van der Waals surface area contributed by atoms with E-state index in [1.807, 2.05) is 13.0 Å². The van der Waals surface area contributed by atoms with Crippen molar-refractivity contribution in [3.8, 4) is 6.07 Å². The second-order valence-corrected chi connectivity index (χ2v) is 7.52. The van der Waals surface area contributed by atoms with Gasteiger partial charge in [0, 0.05) is 48.5 Å². The molecular formula is C21H22ClFN4O. The molecule has 1 unspecified atom stereocenters. The fourth-order valence-corrected chi connectivity index (χ4v) is 3.61. The van der Waals surface area contributed by atoms with E-state index in [1.54, 1.807) is 12.1 Å². The number of anilines is 1. The lowest BCUT2D eigenvalue weighted by atomic mass is 10.0. The monoisotopic (exact) mass is 400 g/mol. The molecule has 1 aliphatic heterocycles. The van der Waals surface area contributed by atoms with Crippen molar-refractivity contribution in [2.75, 3.05) is 25.0 Å². The molecule has 5 nitrogen and oxygen atoms in total. The van der Waals surface area contributed by atoms with Gasteiger partial charge in [-0.25, -0.2) is 4.39 Å². The topological polar surface area (TPSA) is 68.2 Å². The summed E-state index contributed by atoms with van der Waals surface area (Å²) in [5.74, 6) is -1.06. The van der Waals surface area contributed by atoms with E-state index in [2.05, 4.69) is 22.5 Å². The van der Waals surface area contributed by atoms with Crippen molar-refractivity contribution in [3.05, 3.63) is 63.4 Å². The molecule has 1 saturated heterocycles. The molecule has 0 saturated carbocycles. The third-order valence-corrected chi connectivity index (χ3v) is 5.14. The van der Waals surface area contributed by atoms with Crippen LogP contribution < -0.4 is 10.6 Å². The molecule has 7 heteroatoms. The number of carbonyl (C=O) groups is 1. The summed E-state index contributed by atoms with van der Waals surface area (Å²) in [5, 5.41) is 15.8. The lowest BCUT2D eigenvalue weighted by Crippen LogP contribution is -2.48. The van der Waals surface area contributed by atoms with E-state index in [9.17, 15) is 9.18 Å². The number of nitrogens with zero attached hydrogens (tertiary/aromatic N) is 2. The third-order valence-electron chi connectivity index (χ3n) is 4.92. The van der Waals surface area contributed by atoms with Crippen molar-refractivity contribution in [2.24, 2.45) is 0 Å². The van der Waals surface area contributed by atoms with Crippen LogP contribution in [0.4, 0.5) is 10.1 Å². The number of benzene rings is 2. The molecule has 0 aliphatic carbocycles. The number of halogens is 2. The average molecular weight is 401 g/mol. The summed E-state index contributed by atoms with van der Waals surface area (Å²) < 4.78 is 13.5. The van der Waals surface area contributed by atoms with E-state index in [0.29, 0.717) is 16.8 Å². The van der Waals surface area contributed by atoms with Crippen LogP contribution in [0.2, 0.25) is 5.02 Å². The van der Waals surface area contributed by atoms with Crippen LogP contribution in [0.5, 0.6) is 0 Å². The zero-order valence-corrected chi connectivity index (χ0v) is 16.6. The number of carbonyl (C=O) groups excluding carboxylic acids is 1. The molecule has 1 atom stereocenters. The van der Waals surface area contributed by atoms with E-state index in [0.717, 1.165) is 43.4 Å². The zero-order valence-electron chi connectivity index (χ0n) is 15.9. The molecule has 28 heavy (non-hydrogen) atoms. The molecule has 1 heterocycles. The van der Waals surface area contributed by atoms with E-state index in [4.69, 9.17) is 16.9 Å². The Bertz CT molecular complexity index is 941. The normalized spacial score (nSPS) is 17.2. The number of nitrogens with one attached hydrogen (secondary N) is 2. The molecule has 0 bridgehead atoms. The highest BCUT2D eigenvalue weighted by atomic mass is 35.5. The minimum absolute atomic E-state index is 0.163. The fourth-order valence-electron chi connectivity index (χ4n) is 3.37. The molecule has 2 N–H and O–H groups in total. The first-order valence-electron chi connectivity index (χ1n) is 9.13. The minimum Gasteiger partial charge on any atom is -0.322 e. The van der Waals surface area contributed by atoms with E-state index >= 15 is 0 Å². The predicted octanol–water partition coefficient (Wildman–Crippen LogP) is 3.71. The fraction of sp³-hybridized carbons (Fsp3) is 0.333. The summed E-state index contributed by atoms with van der Waals surface area (Å²) in [4.78, 5) is 14.9. The number of rotatable bonds is 4. The van der Waals surface area contributed by atoms with Gasteiger partial charge in [0.25, 0.3) is 5.91 Å². The quantitative estimate of drug-likeness (QED) is 0.821.